The third kappa shape index (κ3) is 4.95. The molecule has 7 nitrogen and oxygen atoms in total. The Hall–Kier alpha value is -1.38. The highest BCUT2D eigenvalue weighted by atomic mass is 32.2. The molecule has 8 heteroatoms. The van der Waals surface area contributed by atoms with Crippen LogP contribution in [0, 0.1) is 0 Å². The molecule has 1 heterocycles. The minimum atomic E-state index is -3.74. The third-order valence-electron chi connectivity index (χ3n) is 2.34. The number of sulfonamides is 1. The van der Waals surface area contributed by atoms with E-state index in [4.69, 9.17) is 9.15 Å². The Bertz CT molecular complexity index is 524. The standard InChI is InChI=1S/C12H20N2O5S/c1-3-7-13-8-9-14-20(16,17)11-6-5-10(19-11)12(15)18-4-2/h5-6,13-14H,3-4,7-9H2,1-2H3. The number of hydrogen-bond acceptors (Lipinski definition) is 6. The Labute approximate surface area is 118 Å². The van der Waals surface area contributed by atoms with Crippen LogP contribution in [0.1, 0.15) is 30.8 Å². The second kappa shape index (κ2) is 8.03. The van der Waals surface area contributed by atoms with Crippen molar-refractivity contribution in [1.29, 1.82) is 0 Å². The molecule has 0 saturated heterocycles. The van der Waals surface area contributed by atoms with Gasteiger partial charge in [0.05, 0.1) is 6.61 Å². The van der Waals surface area contributed by atoms with Gasteiger partial charge in [-0.2, -0.15) is 0 Å². The summed E-state index contributed by atoms with van der Waals surface area (Å²) in [6.07, 6.45) is 0.980. The van der Waals surface area contributed by atoms with Gasteiger partial charge in [-0.25, -0.2) is 17.9 Å². The van der Waals surface area contributed by atoms with Crippen LogP contribution < -0.4 is 10.0 Å². The van der Waals surface area contributed by atoms with Gasteiger partial charge in [0.1, 0.15) is 0 Å². The van der Waals surface area contributed by atoms with Crippen LogP contribution in [0.25, 0.3) is 0 Å². The monoisotopic (exact) mass is 304 g/mol. The average Bonchev–Trinajstić information content (AvgIpc) is 2.89. The fourth-order valence-corrected chi connectivity index (χ4v) is 2.38. The van der Waals surface area contributed by atoms with Crippen LogP contribution in [0.3, 0.4) is 0 Å². The highest BCUT2D eigenvalue weighted by Crippen LogP contribution is 2.14. The maximum absolute atomic E-state index is 11.9. The number of nitrogens with one attached hydrogen (secondary N) is 2. The fourth-order valence-electron chi connectivity index (χ4n) is 1.42. The minimum absolute atomic E-state index is 0.128. The van der Waals surface area contributed by atoms with E-state index in [-0.39, 0.29) is 24.0 Å². The smallest absolute Gasteiger partial charge is 0.374 e. The number of carbonyl (C=O) groups excluding carboxylic acids is 1. The van der Waals surface area contributed by atoms with Gasteiger partial charge in [-0.05, 0) is 32.0 Å². The van der Waals surface area contributed by atoms with Crippen molar-refractivity contribution in [1.82, 2.24) is 10.0 Å². The molecular weight excluding hydrogens is 284 g/mol. The predicted molar refractivity (Wildman–Crippen MR) is 73.0 cm³/mol. The molecule has 2 N–H and O–H groups in total. The molecule has 1 aromatic heterocycles. The van der Waals surface area contributed by atoms with Crippen LogP contribution in [0.5, 0.6) is 0 Å². The topological polar surface area (TPSA) is 97.6 Å². The predicted octanol–water partition coefficient (Wildman–Crippen LogP) is 0.734. The molecule has 0 fully saturated rings. The van der Waals surface area contributed by atoms with Gasteiger partial charge in [-0.3, -0.25) is 0 Å². The number of furan rings is 1. The zero-order chi connectivity index (χ0) is 15.0. The second-order valence-electron chi connectivity index (χ2n) is 3.99. The zero-order valence-corrected chi connectivity index (χ0v) is 12.5. The largest absolute Gasteiger partial charge is 0.460 e. The number of ether oxygens (including phenoxy) is 1. The molecule has 0 spiro atoms. The number of hydrogen-bond donors (Lipinski definition) is 2. The highest BCUT2D eigenvalue weighted by Gasteiger charge is 2.21. The summed E-state index contributed by atoms with van der Waals surface area (Å²) in [6.45, 7) is 5.48. The molecule has 0 atom stereocenters. The Morgan fingerprint density at radius 3 is 2.65 bits per heavy atom. The van der Waals surface area contributed by atoms with Crippen molar-refractivity contribution in [3.63, 3.8) is 0 Å². The molecular formula is C12H20N2O5S. The molecule has 0 radical (unpaired) electrons. The quantitative estimate of drug-likeness (QED) is 0.516. The maximum Gasteiger partial charge on any atom is 0.374 e. The maximum atomic E-state index is 11.9. The number of esters is 1. The summed E-state index contributed by atoms with van der Waals surface area (Å²) in [5, 5.41) is 2.77. The molecule has 0 aliphatic carbocycles. The van der Waals surface area contributed by atoms with Crippen LogP contribution >= 0.6 is 0 Å². The molecule has 0 saturated carbocycles. The van der Waals surface area contributed by atoms with Crippen molar-refractivity contribution in [2.75, 3.05) is 26.2 Å². The van der Waals surface area contributed by atoms with Crippen LogP contribution in [0.4, 0.5) is 0 Å². The van der Waals surface area contributed by atoms with E-state index < -0.39 is 16.0 Å². The fraction of sp³-hybridized carbons (Fsp3) is 0.583. The van der Waals surface area contributed by atoms with E-state index in [0.29, 0.717) is 6.54 Å². The Morgan fingerprint density at radius 2 is 2.00 bits per heavy atom. The van der Waals surface area contributed by atoms with E-state index in [1.54, 1.807) is 6.92 Å². The molecule has 114 valence electrons. The minimum Gasteiger partial charge on any atom is -0.460 e. The molecule has 20 heavy (non-hydrogen) atoms. The first-order valence-corrected chi connectivity index (χ1v) is 7.97. The zero-order valence-electron chi connectivity index (χ0n) is 11.6. The van der Waals surface area contributed by atoms with E-state index in [9.17, 15) is 13.2 Å². The van der Waals surface area contributed by atoms with Crippen LogP contribution in [-0.4, -0.2) is 40.6 Å². The molecule has 0 aliphatic rings. The van der Waals surface area contributed by atoms with E-state index in [1.165, 1.54) is 12.1 Å². The van der Waals surface area contributed by atoms with E-state index >= 15 is 0 Å². The first-order chi connectivity index (χ1) is 9.51. The normalized spacial score (nSPS) is 11.5. The Balaban J connectivity index is 2.57. The Kier molecular flexibility index (Phi) is 6.69. The summed E-state index contributed by atoms with van der Waals surface area (Å²) in [5.41, 5.74) is 0. The van der Waals surface area contributed by atoms with Crippen LogP contribution in [0.15, 0.2) is 21.6 Å². The van der Waals surface area contributed by atoms with Gasteiger partial charge in [-0.15, -0.1) is 0 Å². The van der Waals surface area contributed by atoms with E-state index in [2.05, 4.69) is 10.0 Å². The number of carbonyl (C=O) groups is 1. The third-order valence-corrected chi connectivity index (χ3v) is 3.68. The van der Waals surface area contributed by atoms with Gasteiger partial charge in [0.25, 0.3) is 10.0 Å². The summed E-state index contributed by atoms with van der Waals surface area (Å²) < 4.78 is 35.8. The SMILES string of the molecule is CCCNCCNS(=O)(=O)c1ccc(C(=O)OCC)o1. The summed E-state index contributed by atoms with van der Waals surface area (Å²) >= 11 is 0. The summed E-state index contributed by atoms with van der Waals surface area (Å²) in [6, 6.07) is 2.51. The second-order valence-corrected chi connectivity index (χ2v) is 5.68. The van der Waals surface area contributed by atoms with Gasteiger partial charge in [0, 0.05) is 13.1 Å². The van der Waals surface area contributed by atoms with Crippen LogP contribution in [0.2, 0.25) is 0 Å². The van der Waals surface area contributed by atoms with Crippen molar-refractivity contribution in [2.45, 2.75) is 25.4 Å². The molecule has 0 aliphatic heterocycles. The Morgan fingerprint density at radius 1 is 1.25 bits per heavy atom. The van der Waals surface area contributed by atoms with Gasteiger partial charge < -0.3 is 14.5 Å². The summed E-state index contributed by atoms with van der Waals surface area (Å²) in [5.74, 6) is -0.810. The van der Waals surface area contributed by atoms with E-state index in [1.807, 2.05) is 6.92 Å². The molecule has 1 rings (SSSR count). The first-order valence-electron chi connectivity index (χ1n) is 6.48. The lowest BCUT2D eigenvalue weighted by molar-refractivity contribution is 0.0484. The van der Waals surface area contributed by atoms with E-state index in [0.717, 1.165) is 13.0 Å². The summed E-state index contributed by atoms with van der Waals surface area (Å²) in [4.78, 5) is 11.4. The van der Waals surface area contributed by atoms with Crippen LogP contribution in [-0.2, 0) is 14.8 Å². The summed E-state index contributed by atoms with van der Waals surface area (Å²) in [7, 11) is -3.74. The lowest BCUT2D eigenvalue weighted by Crippen LogP contribution is -2.32. The van der Waals surface area contributed by atoms with Crippen molar-refractivity contribution in [3.05, 3.63) is 17.9 Å². The van der Waals surface area contributed by atoms with Gasteiger partial charge >= 0.3 is 5.97 Å². The highest BCUT2D eigenvalue weighted by molar-refractivity contribution is 7.89. The van der Waals surface area contributed by atoms with Gasteiger partial charge in [-0.1, -0.05) is 6.92 Å². The first kappa shape index (κ1) is 16.7. The molecule has 0 bridgehead atoms. The lowest BCUT2D eigenvalue weighted by atomic mass is 10.5. The molecule has 0 amide bonds. The molecule has 0 aromatic carbocycles. The van der Waals surface area contributed by atoms with Gasteiger partial charge in [0.15, 0.2) is 0 Å². The molecule has 0 unspecified atom stereocenters. The lowest BCUT2D eigenvalue weighted by Gasteiger charge is -2.05. The van der Waals surface area contributed by atoms with Gasteiger partial charge in [0.2, 0.25) is 10.9 Å². The molecule has 1 aromatic rings. The number of rotatable bonds is 9. The van der Waals surface area contributed by atoms with Crippen molar-refractivity contribution in [2.24, 2.45) is 0 Å². The van der Waals surface area contributed by atoms with Crippen molar-refractivity contribution in [3.8, 4) is 0 Å². The average molecular weight is 304 g/mol. The van der Waals surface area contributed by atoms with Crippen molar-refractivity contribution < 1.29 is 22.4 Å². The van der Waals surface area contributed by atoms with Crippen molar-refractivity contribution >= 4 is 16.0 Å².